The lowest BCUT2D eigenvalue weighted by Crippen LogP contribution is -2.32. The molecular formula is C11H9F4N3O2S. The molecule has 0 atom stereocenters. The molecule has 0 unspecified atom stereocenters. The summed E-state index contributed by atoms with van der Waals surface area (Å²) in [4.78, 5) is 18.3. The largest absolute Gasteiger partial charge is 0.481 e. The molecule has 0 saturated carbocycles. The van der Waals surface area contributed by atoms with Crippen LogP contribution in [0.3, 0.4) is 0 Å². The maximum absolute atomic E-state index is 13.3. The molecule has 114 valence electrons. The number of hydrogen-bond donors (Lipinski definition) is 1. The van der Waals surface area contributed by atoms with Gasteiger partial charge >= 0.3 is 18.3 Å². The first kappa shape index (κ1) is 15.5. The molecule has 0 bridgehead atoms. The third-order valence-electron chi connectivity index (χ3n) is 2.48. The van der Waals surface area contributed by atoms with Gasteiger partial charge in [0.05, 0.1) is 12.3 Å². The van der Waals surface area contributed by atoms with Crippen LogP contribution in [0.25, 0.3) is 11.2 Å². The number of aliphatic carboxylic acids is 1. The van der Waals surface area contributed by atoms with E-state index < -0.39 is 30.6 Å². The van der Waals surface area contributed by atoms with Crippen molar-refractivity contribution in [2.75, 3.05) is 5.75 Å². The Hall–Kier alpha value is -1.84. The van der Waals surface area contributed by atoms with Crippen LogP contribution in [0.5, 0.6) is 0 Å². The second-order valence-electron chi connectivity index (χ2n) is 4.07. The van der Waals surface area contributed by atoms with Crippen LogP contribution in [0, 0.1) is 0 Å². The van der Waals surface area contributed by atoms with Crippen molar-refractivity contribution in [2.24, 2.45) is 0 Å². The summed E-state index contributed by atoms with van der Waals surface area (Å²) >= 11 is 0.667. The number of hydrogen-bond acceptors (Lipinski definition) is 4. The lowest BCUT2D eigenvalue weighted by molar-refractivity contribution is -0.138. The van der Waals surface area contributed by atoms with E-state index in [-0.39, 0.29) is 16.3 Å². The SMILES string of the molecule is O=C(O)CSc1nc2cccnc2n1CC(F)(F)C(F)F. The molecule has 2 aromatic heterocycles. The molecule has 21 heavy (non-hydrogen) atoms. The van der Waals surface area contributed by atoms with Crippen molar-refractivity contribution in [3.63, 3.8) is 0 Å². The number of rotatable bonds is 6. The number of thioether (sulfide) groups is 1. The van der Waals surface area contributed by atoms with E-state index in [4.69, 9.17) is 5.11 Å². The van der Waals surface area contributed by atoms with E-state index in [9.17, 15) is 22.4 Å². The summed E-state index contributed by atoms with van der Waals surface area (Å²) in [5.41, 5.74) is 0.237. The van der Waals surface area contributed by atoms with Crippen molar-refractivity contribution in [2.45, 2.75) is 24.0 Å². The number of fused-ring (bicyclic) bond motifs is 1. The van der Waals surface area contributed by atoms with Gasteiger partial charge in [-0.2, -0.15) is 8.78 Å². The predicted octanol–water partition coefficient (Wildman–Crippen LogP) is 2.51. The zero-order valence-corrected chi connectivity index (χ0v) is 11.2. The first-order valence-electron chi connectivity index (χ1n) is 5.63. The Morgan fingerprint density at radius 2 is 2.19 bits per heavy atom. The van der Waals surface area contributed by atoms with E-state index in [0.29, 0.717) is 11.8 Å². The molecule has 0 saturated heterocycles. The van der Waals surface area contributed by atoms with Gasteiger partial charge in [0.1, 0.15) is 5.52 Å². The van der Waals surface area contributed by atoms with Gasteiger partial charge in [0, 0.05) is 6.20 Å². The highest BCUT2D eigenvalue weighted by Gasteiger charge is 2.42. The van der Waals surface area contributed by atoms with Gasteiger partial charge in [-0.25, -0.2) is 18.7 Å². The molecule has 0 spiro atoms. The minimum Gasteiger partial charge on any atom is -0.481 e. The van der Waals surface area contributed by atoms with Crippen molar-refractivity contribution in [1.29, 1.82) is 0 Å². The minimum absolute atomic E-state index is 0.00529. The average Bonchev–Trinajstić information content (AvgIpc) is 2.74. The summed E-state index contributed by atoms with van der Waals surface area (Å²) in [6, 6.07) is 2.99. The highest BCUT2D eigenvalue weighted by atomic mass is 32.2. The zero-order valence-electron chi connectivity index (χ0n) is 10.3. The van der Waals surface area contributed by atoms with Gasteiger partial charge in [0.15, 0.2) is 10.8 Å². The van der Waals surface area contributed by atoms with Crippen LogP contribution in [0.4, 0.5) is 17.6 Å². The molecule has 0 aliphatic rings. The van der Waals surface area contributed by atoms with E-state index in [2.05, 4.69) is 9.97 Å². The fourth-order valence-corrected chi connectivity index (χ4v) is 2.32. The summed E-state index contributed by atoms with van der Waals surface area (Å²) in [5.74, 6) is -5.86. The van der Waals surface area contributed by atoms with E-state index in [0.717, 1.165) is 4.57 Å². The second-order valence-corrected chi connectivity index (χ2v) is 5.01. The number of carbonyl (C=O) groups is 1. The normalized spacial score (nSPS) is 12.2. The highest BCUT2D eigenvalue weighted by molar-refractivity contribution is 7.99. The van der Waals surface area contributed by atoms with Gasteiger partial charge in [0.2, 0.25) is 0 Å². The Balaban J connectivity index is 2.42. The number of pyridine rings is 1. The van der Waals surface area contributed by atoms with Crippen LogP contribution < -0.4 is 0 Å². The third-order valence-corrected chi connectivity index (χ3v) is 3.44. The standard InChI is InChI=1S/C11H9F4N3O2S/c12-9(13)11(14,15)5-18-8-6(2-1-3-16-8)17-10(18)21-4-7(19)20/h1-3,9H,4-5H2,(H,19,20). The summed E-state index contributed by atoms with van der Waals surface area (Å²) in [7, 11) is 0. The van der Waals surface area contributed by atoms with Crippen LogP contribution in [0.1, 0.15) is 0 Å². The molecule has 0 radical (unpaired) electrons. The second kappa shape index (κ2) is 5.88. The first-order chi connectivity index (χ1) is 9.81. The Bertz CT molecular complexity index is 662. The molecule has 2 aromatic rings. The summed E-state index contributed by atoms with van der Waals surface area (Å²) in [6.45, 7) is -1.32. The monoisotopic (exact) mass is 323 g/mol. The van der Waals surface area contributed by atoms with Crippen molar-refractivity contribution in [1.82, 2.24) is 14.5 Å². The summed E-state index contributed by atoms with van der Waals surface area (Å²) in [5, 5.41) is 8.53. The Morgan fingerprint density at radius 1 is 1.48 bits per heavy atom. The molecule has 0 fully saturated rings. The van der Waals surface area contributed by atoms with Crippen molar-refractivity contribution in [3.05, 3.63) is 18.3 Å². The van der Waals surface area contributed by atoms with Crippen LogP contribution in [-0.4, -0.2) is 43.7 Å². The van der Waals surface area contributed by atoms with E-state index in [1.54, 1.807) is 0 Å². The van der Waals surface area contributed by atoms with Crippen LogP contribution in [0.15, 0.2) is 23.5 Å². The van der Waals surface area contributed by atoms with Crippen molar-refractivity contribution >= 4 is 28.9 Å². The fraction of sp³-hybridized carbons (Fsp3) is 0.364. The summed E-state index contributed by atoms with van der Waals surface area (Å²) in [6.07, 6.45) is -2.52. The number of aromatic nitrogens is 3. The molecule has 10 heteroatoms. The smallest absolute Gasteiger partial charge is 0.325 e. The molecule has 1 N–H and O–H groups in total. The zero-order chi connectivity index (χ0) is 15.6. The van der Waals surface area contributed by atoms with E-state index in [1.807, 2.05) is 0 Å². The minimum atomic E-state index is -4.26. The predicted molar refractivity (Wildman–Crippen MR) is 66.8 cm³/mol. The average molecular weight is 323 g/mol. The van der Waals surface area contributed by atoms with Crippen LogP contribution in [-0.2, 0) is 11.3 Å². The molecular weight excluding hydrogens is 314 g/mol. The fourth-order valence-electron chi connectivity index (χ4n) is 1.60. The molecule has 5 nitrogen and oxygen atoms in total. The van der Waals surface area contributed by atoms with Crippen molar-refractivity contribution < 1.29 is 27.5 Å². The van der Waals surface area contributed by atoms with Gasteiger partial charge in [-0.05, 0) is 12.1 Å². The molecule has 0 amide bonds. The van der Waals surface area contributed by atoms with Gasteiger partial charge in [-0.15, -0.1) is 0 Å². The molecule has 0 aromatic carbocycles. The number of nitrogens with zero attached hydrogens (tertiary/aromatic N) is 3. The highest BCUT2D eigenvalue weighted by Crippen LogP contribution is 2.30. The maximum Gasteiger partial charge on any atom is 0.325 e. The number of imidazole rings is 1. The Kier molecular flexibility index (Phi) is 4.35. The Labute approximate surface area is 120 Å². The molecule has 2 heterocycles. The van der Waals surface area contributed by atoms with E-state index >= 15 is 0 Å². The quantitative estimate of drug-likeness (QED) is 0.653. The molecule has 0 aliphatic carbocycles. The number of carboxylic acids is 1. The van der Waals surface area contributed by atoms with Crippen LogP contribution in [0.2, 0.25) is 0 Å². The molecule has 0 aliphatic heterocycles. The Morgan fingerprint density at radius 3 is 2.81 bits per heavy atom. The lowest BCUT2D eigenvalue weighted by atomic mass is 10.3. The van der Waals surface area contributed by atoms with Crippen molar-refractivity contribution in [3.8, 4) is 0 Å². The van der Waals surface area contributed by atoms with E-state index in [1.165, 1.54) is 18.3 Å². The number of alkyl halides is 4. The van der Waals surface area contributed by atoms with Gasteiger partial charge in [-0.1, -0.05) is 11.8 Å². The lowest BCUT2D eigenvalue weighted by Gasteiger charge is -2.17. The third kappa shape index (κ3) is 3.43. The topological polar surface area (TPSA) is 68.0 Å². The van der Waals surface area contributed by atoms with Crippen LogP contribution >= 0.6 is 11.8 Å². The van der Waals surface area contributed by atoms with Gasteiger partial charge < -0.3 is 5.11 Å². The number of carboxylic acid groups (broad SMARTS) is 1. The van der Waals surface area contributed by atoms with Gasteiger partial charge in [-0.3, -0.25) is 9.36 Å². The summed E-state index contributed by atoms with van der Waals surface area (Å²) < 4.78 is 52.0. The first-order valence-corrected chi connectivity index (χ1v) is 6.61. The number of halogens is 4. The maximum atomic E-state index is 13.3. The van der Waals surface area contributed by atoms with Gasteiger partial charge in [0.25, 0.3) is 0 Å². The molecule has 2 rings (SSSR count).